The Labute approximate surface area is 130 Å². The Kier molecular flexibility index (Phi) is 4.81. The molecule has 2 rings (SSSR count). The van der Waals surface area contributed by atoms with Crippen molar-refractivity contribution in [2.24, 2.45) is 7.05 Å². The lowest BCUT2D eigenvalue weighted by atomic mass is 10.2. The summed E-state index contributed by atoms with van der Waals surface area (Å²) in [7, 11) is 1.29. The van der Waals surface area contributed by atoms with Gasteiger partial charge in [0.15, 0.2) is 5.69 Å². The number of hydrogen-bond donors (Lipinski definition) is 0. The number of nitrogens with zero attached hydrogens (tertiary/aromatic N) is 4. The maximum atomic E-state index is 12.6. The molecule has 1 aliphatic heterocycles. The smallest absolute Gasteiger partial charge is 0.435 e. The average Bonchev–Trinajstić information content (AvgIpc) is 2.89. The van der Waals surface area contributed by atoms with E-state index in [1.807, 2.05) is 0 Å². The summed E-state index contributed by atoms with van der Waals surface area (Å²) in [6, 6.07) is 0.736. The number of carbonyl (C=O) groups is 2. The van der Waals surface area contributed by atoms with E-state index in [0.29, 0.717) is 0 Å². The number of aryl methyl sites for hydroxylation is 1. The van der Waals surface area contributed by atoms with E-state index in [0.717, 1.165) is 10.7 Å². The van der Waals surface area contributed by atoms with Crippen molar-refractivity contribution in [3.63, 3.8) is 0 Å². The first-order chi connectivity index (χ1) is 10.7. The molecule has 1 aliphatic rings. The van der Waals surface area contributed by atoms with Crippen LogP contribution < -0.4 is 0 Å². The van der Waals surface area contributed by atoms with Gasteiger partial charge in [-0.1, -0.05) is 0 Å². The molecule has 1 fully saturated rings. The molecule has 0 aromatic carbocycles. The molecule has 0 unspecified atom stereocenters. The second-order valence-corrected chi connectivity index (χ2v) is 5.01. The topological polar surface area (TPSA) is 67.7 Å². The monoisotopic (exact) mass is 334 g/mol. The number of carbonyl (C=O) groups excluding carboxylic acids is 2. The molecule has 0 aliphatic carbocycles. The summed E-state index contributed by atoms with van der Waals surface area (Å²) < 4.78 is 43.7. The van der Waals surface area contributed by atoms with Crippen LogP contribution in [0.5, 0.6) is 0 Å². The summed E-state index contributed by atoms with van der Waals surface area (Å²) in [5.41, 5.74) is -1.24. The molecular weight excluding hydrogens is 317 g/mol. The van der Waals surface area contributed by atoms with Crippen molar-refractivity contribution in [2.45, 2.75) is 13.1 Å². The van der Waals surface area contributed by atoms with Crippen LogP contribution in [0.4, 0.5) is 18.0 Å². The van der Waals surface area contributed by atoms with Crippen LogP contribution in [0.1, 0.15) is 23.1 Å². The minimum absolute atomic E-state index is 0.137. The van der Waals surface area contributed by atoms with E-state index in [2.05, 4.69) is 5.10 Å². The lowest BCUT2D eigenvalue weighted by Crippen LogP contribution is -2.51. The highest BCUT2D eigenvalue weighted by atomic mass is 19.4. The first kappa shape index (κ1) is 17.1. The Balaban J connectivity index is 2.03. The fourth-order valence-electron chi connectivity index (χ4n) is 2.27. The van der Waals surface area contributed by atoms with Crippen LogP contribution in [0.25, 0.3) is 0 Å². The van der Waals surface area contributed by atoms with Crippen LogP contribution in [0, 0.1) is 0 Å². The summed E-state index contributed by atoms with van der Waals surface area (Å²) in [6.45, 7) is 2.95. The maximum absolute atomic E-state index is 12.6. The van der Waals surface area contributed by atoms with E-state index in [4.69, 9.17) is 4.74 Å². The summed E-state index contributed by atoms with van der Waals surface area (Å²) in [5.74, 6) is -0.543. The molecule has 7 nitrogen and oxygen atoms in total. The molecule has 0 saturated carbocycles. The van der Waals surface area contributed by atoms with E-state index >= 15 is 0 Å². The van der Waals surface area contributed by atoms with Crippen molar-refractivity contribution in [3.8, 4) is 0 Å². The molecule has 1 aromatic rings. The van der Waals surface area contributed by atoms with E-state index in [1.165, 1.54) is 16.8 Å². The maximum Gasteiger partial charge on any atom is 0.435 e. The highest BCUT2D eigenvalue weighted by Gasteiger charge is 2.36. The number of halogens is 3. The number of piperazine rings is 1. The van der Waals surface area contributed by atoms with Gasteiger partial charge in [-0.3, -0.25) is 9.48 Å². The minimum Gasteiger partial charge on any atom is -0.450 e. The lowest BCUT2D eigenvalue weighted by Gasteiger charge is -2.33. The normalized spacial score (nSPS) is 15.7. The van der Waals surface area contributed by atoms with Crippen molar-refractivity contribution < 1.29 is 27.5 Å². The predicted molar refractivity (Wildman–Crippen MR) is 72.7 cm³/mol. The van der Waals surface area contributed by atoms with Crippen molar-refractivity contribution in [3.05, 3.63) is 17.5 Å². The molecule has 10 heteroatoms. The molecule has 0 radical (unpaired) electrons. The molecule has 0 N–H and O–H groups in total. The fourth-order valence-corrected chi connectivity index (χ4v) is 2.27. The van der Waals surface area contributed by atoms with E-state index in [9.17, 15) is 22.8 Å². The zero-order valence-electron chi connectivity index (χ0n) is 12.8. The zero-order valence-corrected chi connectivity index (χ0v) is 12.8. The second-order valence-electron chi connectivity index (χ2n) is 5.01. The number of amides is 2. The van der Waals surface area contributed by atoms with Gasteiger partial charge < -0.3 is 14.5 Å². The highest BCUT2D eigenvalue weighted by molar-refractivity contribution is 5.93. The quantitative estimate of drug-likeness (QED) is 0.819. The number of alkyl halides is 3. The van der Waals surface area contributed by atoms with Gasteiger partial charge in [-0.25, -0.2) is 4.79 Å². The van der Waals surface area contributed by atoms with E-state index in [1.54, 1.807) is 6.92 Å². The molecule has 2 heterocycles. The van der Waals surface area contributed by atoms with E-state index < -0.39 is 23.9 Å². The number of aromatic nitrogens is 2. The standard InChI is InChI=1S/C13H17F3N4O3/c1-3-23-12(22)20-6-4-19(5-7-20)11(21)9-8-10(13(14,15)16)17-18(9)2/h8H,3-7H2,1-2H3. The predicted octanol–water partition coefficient (Wildman–Crippen LogP) is 1.35. The molecular formula is C13H17F3N4O3. The van der Waals surface area contributed by atoms with E-state index in [-0.39, 0.29) is 38.5 Å². The Morgan fingerprint density at radius 2 is 1.78 bits per heavy atom. The number of rotatable bonds is 2. The lowest BCUT2D eigenvalue weighted by molar-refractivity contribution is -0.141. The average molecular weight is 334 g/mol. The molecule has 1 saturated heterocycles. The van der Waals surface area contributed by atoms with Gasteiger partial charge in [0.25, 0.3) is 5.91 Å². The molecule has 1 aromatic heterocycles. The third-order valence-electron chi connectivity index (χ3n) is 3.48. The molecule has 23 heavy (non-hydrogen) atoms. The van der Waals surface area contributed by atoms with Gasteiger partial charge in [-0.2, -0.15) is 18.3 Å². The second kappa shape index (κ2) is 6.47. The zero-order chi connectivity index (χ0) is 17.2. The van der Waals surface area contributed by atoms with Crippen molar-refractivity contribution >= 4 is 12.0 Å². The van der Waals surface area contributed by atoms with Crippen LogP contribution in [0.15, 0.2) is 6.07 Å². The fraction of sp³-hybridized carbons (Fsp3) is 0.615. The van der Waals surface area contributed by atoms with Crippen LogP contribution >= 0.6 is 0 Å². The van der Waals surface area contributed by atoms with Gasteiger partial charge in [0.05, 0.1) is 6.61 Å². The molecule has 2 amide bonds. The summed E-state index contributed by atoms with van der Waals surface area (Å²) in [5, 5.41) is 3.32. The summed E-state index contributed by atoms with van der Waals surface area (Å²) >= 11 is 0. The van der Waals surface area contributed by atoms with Gasteiger partial charge in [-0.05, 0) is 6.92 Å². The SMILES string of the molecule is CCOC(=O)N1CCN(C(=O)c2cc(C(F)(F)F)nn2C)CC1. The van der Waals surface area contributed by atoms with Crippen molar-refractivity contribution in [2.75, 3.05) is 32.8 Å². The summed E-state index contributed by atoms with van der Waals surface area (Å²) in [4.78, 5) is 26.8. The van der Waals surface area contributed by atoms with Gasteiger partial charge in [-0.15, -0.1) is 0 Å². The minimum atomic E-state index is -4.60. The van der Waals surface area contributed by atoms with Gasteiger partial charge >= 0.3 is 12.3 Å². The van der Waals surface area contributed by atoms with Gasteiger partial charge in [0.1, 0.15) is 5.69 Å². The third kappa shape index (κ3) is 3.74. The van der Waals surface area contributed by atoms with Crippen molar-refractivity contribution in [1.82, 2.24) is 19.6 Å². The Hall–Kier alpha value is -2.26. The van der Waals surface area contributed by atoms with Gasteiger partial charge in [0, 0.05) is 39.3 Å². The third-order valence-corrected chi connectivity index (χ3v) is 3.48. The largest absolute Gasteiger partial charge is 0.450 e. The molecule has 128 valence electrons. The van der Waals surface area contributed by atoms with Gasteiger partial charge in [0.2, 0.25) is 0 Å². The van der Waals surface area contributed by atoms with Crippen LogP contribution in [0.3, 0.4) is 0 Å². The molecule has 0 bridgehead atoms. The number of hydrogen-bond acceptors (Lipinski definition) is 4. The molecule has 0 atom stereocenters. The highest BCUT2D eigenvalue weighted by Crippen LogP contribution is 2.28. The first-order valence-electron chi connectivity index (χ1n) is 7.06. The Morgan fingerprint density at radius 1 is 1.22 bits per heavy atom. The van der Waals surface area contributed by atoms with Crippen LogP contribution in [-0.4, -0.2) is 64.4 Å². The van der Waals surface area contributed by atoms with Crippen LogP contribution in [-0.2, 0) is 18.0 Å². The Bertz CT molecular complexity index is 592. The van der Waals surface area contributed by atoms with Crippen molar-refractivity contribution in [1.29, 1.82) is 0 Å². The first-order valence-corrected chi connectivity index (χ1v) is 7.06. The van der Waals surface area contributed by atoms with Crippen LogP contribution in [0.2, 0.25) is 0 Å². The Morgan fingerprint density at radius 3 is 2.26 bits per heavy atom. The molecule has 0 spiro atoms. The number of ether oxygens (including phenoxy) is 1. The summed E-state index contributed by atoms with van der Waals surface area (Å²) in [6.07, 6.45) is -5.06.